The zero-order valence-corrected chi connectivity index (χ0v) is 19.2. The van der Waals surface area contributed by atoms with Gasteiger partial charge >= 0.3 is 0 Å². The van der Waals surface area contributed by atoms with E-state index in [1.165, 1.54) is 0 Å². The Balaban J connectivity index is 1.34. The van der Waals surface area contributed by atoms with Gasteiger partial charge in [0.25, 0.3) is 10.0 Å². The zero-order chi connectivity index (χ0) is 23.1. The number of fused-ring (bicyclic) bond motifs is 3. The first-order chi connectivity index (χ1) is 16.6. The number of nitrogens with one attached hydrogen (secondary N) is 2. The van der Waals surface area contributed by atoms with E-state index in [1.807, 2.05) is 29.1 Å². The van der Waals surface area contributed by atoms with Crippen LogP contribution < -0.4 is 19.7 Å². The summed E-state index contributed by atoms with van der Waals surface area (Å²) >= 11 is 0. The SMILES string of the molecule is O=S(=O)(Nc1noc2cc(Cn3cccn3)c3c(c12)OCC3)c1cccc(N2CCNCC2)c1. The molecule has 176 valence electrons. The third kappa shape index (κ3) is 3.76. The van der Waals surface area contributed by atoms with Crippen molar-refractivity contribution in [1.82, 2.24) is 20.3 Å². The van der Waals surface area contributed by atoms with Crippen LogP contribution in [0.1, 0.15) is 11.1 Å². The summed E-state index contributed by atoms with van der Waals surface area (Å²) in [6.07, 6.45) is 4.35. The highest BCUT2D eigenvalue weighted by Gasteiger charge is 2.28. The van der Waals surface area contributed by atoms with Gasteiger partial charge in [0.15, 0.2) is 11.4 Å². The van der Waals surface area contributed by atoms with Crippen LogP contribution in [-0.2, 0) is 23.0 Å². The summed E-state index contributed by atoms with van der Waals surface area (Å²) in [6, 6.07) is 10.7. The van der Waals surface area contributed by atoms with Crippen molar-refractivity contribution in [2.45, 2.75) is 17.9 Å². The third-order valence-corrected chi connectivity index (χ3v) is 7.58. The predicted molar refractivity (Wildman–Crippen MR) is 127 cm³/mol. The number of benzene rings is 2. The number of aromatic nitrogens is 3. The average molecular weight is 481 g/mol. The van der Waals surface area contributed by atoms with Gasteiger partial charge in [0.2, 0.25) is 0 Å². The van der Waals surface area contributed by atoms with Gasteiger partial charge in [0.05, 0.1) is 18.0 Å². The van der Waals surface area contributed by atoms with Crippen LogP contribution in [0.2, 0.25) is 0 Å². The van der Waals surface area contributed by atoms with Crippen LogP contribution in [0.3, 0.4) is 0 Å². The smallest absolute Gasteiger partial charge is 0.263 e. The zero-order valence-electron chi connectivity index (χ0n) is 18.4. The van der Waals surface area contributed by atoms with Gasteiger partial charge in [-0.05, 0) is 35.9 Å². The lowest BCUT2D eigenvalue weighted by Crippen LogP contribution is -2.43. The van der Waals surface area contributed by atoms with E-state index in [-0.39, 0.29) is 10.7 Å². The van der Waals surface area contributed by atoms with Crippen LogP contribution in [-0.4, -0.2) is 56.1 Å². The Morgan fingerprint density at radius 3 is 2.85 bits per heavy atom. The van der Waals surface area contributed by atoms with E-state index in [4.69, 9.17) is 9.26 Å². The molecule has 0 aliphatic carbocycles. The number of hydrogen-bond acceptors (Lipinski definition) is 8. The molecule has 2 aromatic carbocycles. The molecule has 0 atom stereocenters. The number of sulfonamides is 1. The van der Waals surface area contributed by atoms with Crippen molar-refractivity contribution in [2.24, 2.45) is 0 Å². The maximum Gasteiger partial charge on any atom is 0.263 e. The summed E-state index contributed by atoms with van der Waals surface area (Å²) in [4.78, 5) is 2.34. The first kappa shape index (κ1) is 21.0. The molecule has 0 saturated carbocycles. The molecule has 11 heteroatoms. The predicted octanol–water partition coefficient (Wildman–Crippen LogP) is 2.22. The average Bonchev–Trinajstić information content (AvgIpc) is 3.61. The van der Waals surface area contributed by atoms with Crippen molar-refractivity contribution in [1.29, 1.82) is 0 Å². The maximum atomic E-state index is 13.3. The fourth-order valence-electron chi connectivity index (χ4n) is 4.59. The highest BCUT2D eigenvalue weighted by atomic mass is 32.2. The number of nitrogens with zero attached hydrogens (tertiary/aromatic N) is 4. The quantitative estimate of drug-likeness (QED) is 0.432. The number of anilines is 2. The van der Waals surface area contributed by atoms with Crippen molar-refractivity contribution in [2.75, 3.05) is 42.4 Å². The maximum absolute atomic E-state index is 13.3. The Morgan fingerprint density at radius 1 is 1.15 bits per heavy atom. The molecule has 0 bridgehead atoms. The highest BCUT2D eigenvalue weighted by molar-refractivity contribution is 7.92. The molecule has 6 rings (SSSR count). The molecular weight excluding hydrogens is 456 g/mol. The number of piperazine rings is 1. The van der Waals surface area contributed by atoms with Crippen LogP contribution in [0, 0.1) is 0 Å². The van der Waals surface area contributed by atoms with Gasteiger partial charge < -0.3 is 19.5 Å². The van der Waals surface area contributed by atoms with E-state index in [0.29, 0.717) is 29.9 Å². The van der Waals surface area contributed by atoms with Crippen molar-refractivity contribution < 1.29 is 17.7 Å². The van der Waals surface area contributed by atoms with Crippen LogP contribution in [0.4, 0.5) is 11.5 Å². The van der Waals surface area contributed by atoms with E-state index in [2.05, 4.69) is 25.2 Å². The Hall–Kier alpha value is -3.57. The van der Waals surface area contributed by atoms with Crippen molar-refractivity contribution in [3.8, 4) is 5.75 Å². The Morgan fingerprint density at radius 2 is 2.03 bits per heavy atom. The van der Waals surface area contributed by atoms with Gasteiger partial charge in [-0.25, -0.2) is 8.42 Å². The molecule has 0 radical (unpaired) electrons. The van der Waals surface area contributed by atoms with Gasteiger partial charge in [-0.3, -0.25) is 9.40 Å². The standard InChI is InChI=1S/C23H24N6O4S/c30-34(31,18-4-1-3-17(14-18)28-10-7-24-8-11-28)27-23-21-20(33-26-23)13-16(15-29-9-2-6-25-29)19-5-12-32-22(19)21/h1-4,6,9,13-14,24H,5,7-8,10-12,15H2,(H,26,27). The first-order valence-electron chi connectivity index (χ1n) is 11.2. The molecule has 34 heavy (non-hydrogen) atoms. The highest BCUT2D eigenvalue weighted by Crippen LogP contribution is 2.41. The first-order valence-corrected chi connectivity index (χ1v) is 12.7. The molecule has 2 aliphatic heterocycles. The Labute approximate surface area is 196 Å². The molecule has 2 N–H and O–H groups in total. The minimum Gasteiger partial charge on any atom is -0.492 e. The van der Waals surface area contributed by atoms with Gasteiger partial charge in [0, 0.05) is 56.2 Å². The third-order valence-electron chi connectivity index (χ3n) is 6.24. The molecule has 0 spiro atoms. The summed E-state index contributed by atoms with van der Waals surface area (Å²) in [7, 11) is -3.89. The monoisotopic (exact) mass is 480 g/mol. The van der Waals surface area contributed by atoms with Crippen LogP contribution in [0.5, 0.6) is 5.75 Å². The fraction of sp³-hybridized carbons (Fsp3) is 0.304. The van der Waals surface area contributed by atoms with E-state index < -0.39 is 10.0 Å². The van der Waals surface area contributed by atoms with Crippen molar-refractivity contribution >= 4 is 32.5 Å². The van der Waals surface area contributed by atoms with Crippen LogP contribution >= 0.6 is 0 Å². The molecule has 0 unspecified atom stereocenters. The summed E-state index contributed by atoms with van der Waals surface area (Å²) in [5.41, 5.74) is 3.38. The summed E-state index contributed by atoms with van der Waals surface area (Å²) in [5, 5.41) is 12.2. The van der Waals surface area contributed by atoms with Gasteiger partial charge in [-0.1, -0.05) is 11.2 Å². The van der Waals surface area contributed by atoms with E-state index in [1.54, 1.807) is 24.4 Å². The molecule has 1 saturated heterocycles. The van der Waals surface area contributed by atoms with Crippen LogP contribution in [0.25, 0.3) is 11.0 Å². The lowest BCUT2D eigenvalue weighted by atomic mass is 10.0. The van der Waals surface area contributed by atoms with E-state index >= 15 is 0 Å². The molecule has 2 aromatic heterocycles. The van der Waals surface area contributed by atoms with Crippen LogP contribution in [0.15, 0.2) is 58.2 Å². The normalized spacial score (nSPS) is 15.9. The minimum absolute atomic E-state index is 0.131. The fourth-order valence-corrected chi connectivity index (χ4v) is 5.63. The topological polar surface area (TPSA) is 115 Å². The Kier molecular flexibility index (Phi) is 5.15. The summed E-state index contributed by atoms with van der Waals surface area (Å²) in [6.45, 7) is 4.48. The van der Waals surface area contributed by atoms with Gasteiger partial charge in [-0.2, -0.15) is 5.10 Å². The Bertz CT molecular complexity index is 1440. The molecule has 4 heterocycles. The molecular formula is C23H24N6O4S. The largest absolute Gasteiger partial charge is 0.492 e. The second-order valence-corrected chi connectivity index (χ2v) is 10.1. The van der Waals surface area contributed by atoms with Gasteiger partial charge in [0.1, 0.15) is 11.1 Å². The van der Waals surface area contributed by atoms with Crippen molar-refractivity contribution in [3.63, 3.8) is 0 Å². The molecule has 0 amide bonds. The second-order valence-electron chi connectivity index (χ2n) is 8.39. The summed E-state index contributed by atoms with van der Waals surface area (Å²) in [5.74, 6) is 0.750. The number of rotatable bonds is 6. The molecule has 10 nitrogen and oxygen atoms in total. The number of ether oxygens (including phenoxy) is 1. The molecule has 4 aromatic rings. The van der Waals surface area contributed by atoms with E-state index in [9.17, 15) is 8.42 Å². The lowest BCUT2D eigenvalue weighted by Gasteiger charge is -2.29. The second kappa shape index (κ2) is 8.33. The summed E-state index contributed by atoms with van der Waals surface area (Å²) < 4.78 is 42.5. The van der Waals surface area contributed by atoms with Crippen molar-refractivity contribution in [3.05, 3.63) is 59.9 Å². The van der Waals surface area contributed by atoms with Gasteiger partial charge in [-0.15, -0.1) is 0 Å². The minimum atomic E-state index is -3.89. The number of hydrogen-bond donors (Lipinski definition) is 2. The lowest BCUT2D eigenvalue weighted by molar-refractivity contribution is 0.360. The molecule has 1 fully saturated rings. The van der Waals surface area contributed by atoms with E-state index in [0.717, 1.165) is 49.4 Å². The molecule has 2 aliphatic rings.